The summed E-state index contributed by atoms with van der Waals surface area (Å²) >= 11 is 0. The Kier molecular flexibility index (Phi) is 0.319. The van der Waals surface area contributed by atoms with Crippen LogP contribution in [-0.2, 0) is 0 Å². The molecule has 2 aliphatic carbocycles. The molecule has 2 fully saturated rings. The molecule has 2 aliphatic rings. The molecule has 0 amide bonds. The van der Waals surface area contributed by atoms with Crippen molar-refractivity contribution in [2.75, 3.05) is 0 Å². The standard InChI is InChI=1S/C5H7F/c6-5-2-3-1-4(3)5/h3-5H,1-2H2. The van der Waals surface area contributed by atoms with Crippen LogP contribution in [0.4, 0.5) is 4.39 Å². The Morgan fingerprint density at radius 1 is 1.33 bits per heavy atom. The molecule has 0 N–H and O–H groups in total. The number of alkyl halides is 1. The van der Waals surface area contributed by atoms with Crippen LogP contribution in [0, 0.1) is 11.8 Å². The SMILES string of the molecule is FC1CC2CC12. The van der Waals surface area contributed by atoms with Crippen LogP contribution in [0.1, 0.15) is 12.8 Å². The van der Waals surface area contributed by atoms with Gasteiger partial charge in [-0.3, -0.25) is 0 Å². The summed E-state index contributed by atoms with van der Waals surface area (Å²) in [6.07, 6.45) is 1.68. The van der Waals surface area contributed by atoms with Gasteiger partial charge in [0.05, 0.1) is 0 Å². The van der Waals surface area contributed by atoms with Crippen molar-refractivity contribution < 1.29 is 4.39 Å². The zero-order valence-electron chi connectivity index (χ0n) is 3.52. The third kappa shape index (κ3) is 0.174. The summed E-state index contributed by atoms with van der Waals surface area (Å²) < 4.78 is 12.0. The Morgan fingerprint density at radius 2 is 2.17 bits per heavy atom. The van der Waals surface area contributed by atoms with Crippen molar-refractivity contribution in [2.24, 2.45) is 11.8 Å². The van der Waals surface area contributed by atoms with Gasteiger partial charge in [0.2, 0.25) is 0 Å². The van der Waals surface area contributed by atoms with Gasteiger partial charge in [-0.25, -0.2) is 4.39 Å². The van der Waals surface area contributed by atoms with E-state index < -0.39 is 6.17 Å². The van der Waals surface area contributed by atoms with Gasteiger partial charge in [-0.1, -0.05) is 0 Å². The van der Waals surface area contributed by atoms with Crippen LogP contribution >= 0.6 is 0 Å². The molecule has 0 aliphatic heterocycles. The Bertz CT molecular complexity index is 80.0. The van der Waals surface area contributed by atoms with Gasteiger partial charge in [-0.2, -0.15) is 0 Å². The van der Waals surface area contributed by atoms with E-state index in [1.165, 1.54) is 6.42 Å². The van der Waals surface area contributed by atoms with E-state index in [0.29, 0.717) is 5.92 Å². The maximum absolute atomic E-state index is 12.0. The molecular weight excluding hydrogens is 79.1 g/mol. The number of rotatable bonds is 0. The van der Waals surface area contributed by atoms with Gasteiger partial charge in [0.1, 0.15) is 6.17 Å². The van der Waals surface area contributed by atoms with Crippen molar-refractivity contribution in [3.63, 3.8) is 0 Å². The van der Waals surface area contributed by atoms with Crippen molar-refractivity contribution in [1.29, 1.82) is 0 Å². The van der Waals surface area contributed by atoms with E-state index in [2.05, 4.69) is 0 Å². The molecule has 0 heterocycles. The highest BCUT2D eigenvalue weighted by molar-refractivity contribution is 5.02. The maximum atomic E-state index is 12.0. The minimum atomic E-state index is -0.394. The Hall–Kier alpha value is -0.0700. The third-order valence-corrected chi connectivity index (χ3v) is 1.97. The van der Waals surface area contributed by atoms with Gasteiger partial charge in [0, 0.05) is 0 Å². The average molecular weight is 86.1 g/mol. The van der Waals surface area contributed by atoms with Gasteiger partial charge in [0.25, 0.3) is 0 Å². The van der Waals surface area contributed by atoms with Crippen molar-refractivity contribution in [1.82, 2.24) is 0 Å². The summed E-state index contributed by atoms with van der Waals surface area (Å²) in [6.45, 7) is 0. The lowest BCUT2D eigenvalue weighted by Gasteiger charge is -2.13. The first-order chi connectivity index (χ1) is 2.88. The molecule has 3 unspecified atom stereocenters. The minimum absolute atomic E-state index is 0.394. The predicted octanol–water partition coefficient (Wildman–Crippen LogP) is 1.36. The molecule has 2 saturated carbocycles. The van der Waals surface area contributed by atoms with E-state index in [9.17, 15) is 4.39 Å². The smallest absolute Gasteiger partial charge is 0.103 e. The highest BCUT2D eigenvalue weighted by Gasteiger charge is 2.53. The third-order valence-electron chi connectivity index (χ3n) is 1.97. The van der Waals surface area contributed by atoms with Crippen molar-refractivity contribution in [2.45, 2.75) is 19.0 Å². The number of halogens is 1. The molecule has 0 spiro atoms. The molecule has 0 radical (unpaired) electrons. The second kappa shape index (κ2) is 0.637. The molecule has 0 aromatic rings. The molecule has 3 atom stereocenters. The van der Waals surface area contributed by atoms with Gasteiger partial charge in [-0.05, 0) is 24.7 Å². The molecule has 1 heteroatoms. The zero-order chi connectivity index (χ0) is 4.15. The van der Waals surface area contributed by atoms with Crippen LogP contribution in [0.2, 0.25) is 0 Å². The van der Waals surface area contributed by atoms with E-state index in [0.717, 1.165) is 12.3 Å². The summed E-state index contributed by atoms with van der Waals surface area (Å²) in [4.78, 5) is 0. The predicted molar refractivity (Wildman–Crippen MR) is 21.1 cm³/mol. The van der Waals surface area contributed by atoms with Gasteiger partial charge < -0.3 is 0 Å². The molecule has 0 nitrogen and oxygen atoms in total. The highest BCUT2D eigenvalue weighted by Crippen LogP contribution is 2.56. The van der Waals surface area contributed by atoms with E-state index in [-0.39, 0.29) is 0 Å². The van der Waals surface area contributed by atoms with Crippen LogP contribution in [0.15, 0.2) is 0 Å². The number of hydrogen-bond donors (Lipinski definition) is 0. The quantitative estimate of drug-likeness (QED) is 0.417. The summed E-state index contributed by atoms with van der Waals surface area (Å²) in [6, 6.07) is 0. The largest absolute Gasteiger partial charge is 0.247 e. The van der Waals surface area contributed by atoms with Crippen LogP contribution < -0.4 is 0 Å². The fourth-order valence-electron chi connectivity index (χ4n) is 1.25. The van der Waals surface area contributed by atoms with Crippen molar-refractivity contribution in [3.05, 3.63) is 0 Å². The number of fused-ring (bicyclic) bond motifs is 1. The molecule has 0 bridgehead atoms. The maximum Gasteiger partial charge on any atom is 0.103 e. The first kappa shape index (κ1) is 3.00. The van der Waals surface area contributed by atoms with Gasteiger partial charge >= 0.3 is 0 Å². The Labute approximate surface area is 36.4 Å². The van der Waals surface area contributed by atoms with Crippen molar-refractivity contribution in [3.8, 4) is 0 Å². The summed E-state index contributed by atoms with van der Waals surface area (Å²) in [5, 5.41) is 0. The van der Waals surface area contributed by atoms with Gasteiger partial charge in [0.15, 0.2) is 0 Å². The summed E-state index contributed by atoms with van der Waals surface area (Å²) in [5.41, 5.74) is 0. The van der Waals surface area contributed by atoms with Crippen molar-refractivity contribution >= 4 is 0 Å². The molecule has 0 saturated heterocycles. The molecule has 2 rings (SSSR count). The summed E-state index contributed by atoms with van der Waals surface area (Å²) in [5.74, 6) is 1.37. The first-order valence-corrected chi connectivity index (χ1v) is 2.52. The molecule has 0 aromatic heterocycles. The van der Waals surface area contributed by atoms with Crippen LogP contribution in [0.5, 0.6) is 0 Å². The van der Waals surface area contributed by atoms with Crippen LogP contribution in [0.25, 0.3) is 0 Å². The lowest BCUT2D eigenvalue weighted by molar-refractivity contribution is 0.192. The van der Waals surface area contributed by atoms with Crippen LogP contribution in [-0.4, -0.2) is 6.17 Å². The normalized spacial score (nSPS) is 62.5. The van der Waals surface area contributed by atoms with E-state index >= 15 is 0 Å². The fourth-order valence-corrected chi connectivity index (χ4v) is 1.25. The zero-order valence-corrected chi connectivity index (χ0v) is 3.52. The highest BCUT2D eigenvalue weighted by atomic mass is 19.1. The molecule has 34 valence electrons. The second-order valence-electron chi connectivity index (χ2n) is 2.41. The van der Waals surface area contributed by atoms with Gasteiger partial charge in [-0.15, -0.1) is 0 Å². The molecular formula is C5H7F. The lowest BCUT2D eigenvalue weighted by atomic mass is 9.98. The summed E-state index contributed by atoms with van der Waals surface area (Å²) in [7, 11) is 0. The first-order valence-electron chi connectivity index (χ1n) is 2.52. The topological polar surface area (TPSA) is 0 Å². The second-order valence-corrected chi connectivity index (χ2v) is 2.41. The monoisotopic (exact) mass is 86.1 g/mol. The van der Waals surface area contributed by atoms with E-state index in [1.807, 2.05) is 0 Å². The molecule has 0 aromatic carbocycles. The molecule has 6 heavy (non-hydrogen) atoms. The van der Waals surface area contributed by atoms with E-state index in [4.69, 9.17) is 0 Å². The average Bonchev–Trinajstić information content (AvgIpc) is 2.12. The van der Waals surface area contributed by atoms with Crippen LogP contribution in [0.3, 0.4) is 0 Å². The fraction of sp³-hybridized carbons (Fsp3) is 1.00. The lowest BCUT2D eigenvalue weighted by Crippen LogP contribution is -2.15. The minimum Gasteiger partial charge on any atom is -0.247 e. The Morgan fingerprint density at radius 3 is 2.17 bits per heavy atom. The van der Waals surface area contributed by atoms with E-state index in [1.54, 1.807) is 0 Å². The Balaban J connectivity index is 2.08. The number of hydrogen-bond acceptors (Lipinski definition) is 0.